The van der Waals surface area contributed by atoms with Gasteiger partial charge in [0.1, 0.15) is 30.7 Å². The third-order valence-corrected chi connectivity index (χ3v) is 12.7. The highest BCUT2D eigenvalue weighted by Gasteiger charge is 2.46. The van der Waals surface area contributed by atoms with E-state index < -0.39 is 83.7 Å². The molecule has 2 unspecified atom stereocenters. The summed E-state index contributed by atoms with van der Waals surface area (Å²) >= 11 is 0. The van der Waals surface area contributed by atoms with Crippen LogP contribution < -0.4 is 11.4 Å². The first-order chi connectivity index (χ1) is 31.4. The van der Waals surface area contributed by atoms with Gasteiger partial charge in [0.2, 0.25) is 0 Å². The van der Waals surface area contributed by atoms with Crippen LogP contribution in [-0.4, -0.2) is 96.9 Å². The van der Waals surface area contributed by atoms with E-state index in [-0.39, 0.29) is 24.8 Å². The number of nitrogens with zero attached hydrogens (tertiary/aromatic N) is 2. The molecule has 0 bridgehead atoms. The minimum Gasteiger partial charge on any atom is -0.462 e. The maximum absolute atomic E-state index is 12.8. The number of esters is 2. The molecular weight excluding hydrogens is 900 g/mol. The molecular formula is C45H75N3O16P2. The van der Waals surface area contributed by atoms with Gasteiger partial charge < -0.3 is 45.1 Å². The Labute approximate surface area is 389 Å². The Balaban J connectivity index is 1.85. The summed E-state index contributed by atoms with van der Waals surface area (Å²) in [5, 5.41) is 30.1. The van der Waals surface area contributed by atoms with Crippen molar-refractivity contribution in [3.8, 4) is 0 Å². The molecule has 0 saturated carbocycles. The molecule has 8 atom stereocenters. The topological polar surface area (TPSA) is 286 Å². The number of rotatable bonds is 36. The van der Waals surface area contributed by atoms with Gasteiger partial charge in [0.05, 0.1) is 19.3 Å². The van der Waals surface area contributed by atoms with Gasteiger partial charge in [-0.1, -0.05) is 107 Å². The van der Waals surface area contributed by atoms with Crippen molar-refractivity contribution in [3.05, 3.63) is 71.4 Å². The molecule has 0 spiro atoms. The Kier molecular flexibility index (Phi) is 29.6. The summed E-state index contributed by atoms with van der Waals surface area (Å²) in [6.07, 6.45) is 23.8. The van der Waals surface area contributed by atoms with Gasteiger partial charge in [-0.2, -0.15) is 9.29 Å². The Morgan fingerprint density at radius 1 is 0.773 bits per heavy atom. The van der Waals surface area contributed by atoms with Crippen LogP contribution in [0.4, 0.5) is 5.82 Å². The van der Waals surface area contributed by atoms with E-state index >= 15 is 0 Å². The molecule has 0 aliphatic carbocycles. The Morgan fingerprint density at radius 2 is 1.33 bits per heavy atom. The molecule has 21 heteroatoms. The lowest BCUT2D eigenvalue weighted by Gasteiger charge is -2.21. The molecule has 7 N–H and O–H groups in total. The number of ether oxygens (including phenoxy) is 3. The average molecular weight is 976 g/mol. The van der Waals surface area contributed by atoms with Crippen LogP contribution in [0.15, 0.2) is 65.7 Å². The molecule has 2 heterocycles. The first-order valence-corrected chi connectivity index (χ1v) is 26.0. The van der Waals surface area contributed by atoms with Crippen molar-refractivity contribution in [2.45, 2.75) is 173 Å². The lowest BCUT2D eigenvalue weighted by Crippen LogP contribution is -2.36. The number of hydrogen-bond donors (Lipinski definition) is 6. The predicted molar refractivity (Wildman–Crippen MR) is 248 cm³/mol. The molecule has 1 aliphatic heterocycles. The Hall–Kier alpha value is -3.32. The van der Waals surface area contributed by atoms with E-state index in [1.54, 1.807) is 6.92 Å². The fraction of sp³-hybridized carbons (Fsp3) is 0.689. The normalized spacial score (nSPS) is 20.7. The Bertz CT molecular complexity index is 1820. The lowest BCUT2D eigenvalue weighted by atomic mass is 10.0. The van der Waals surface area contributed by atoms with Gasteiger partial charge >= 0.3 is 33.3 Å². The van der Waals surface area contributed by atoms with Gasteiger partial charge in [-0.15, -0.1) is 0 Å². The largest absolute Gasteiger partial charge is 0.481 e. The first kappa shape index (κ1) is 58.8. The highest BCUT2D eigenvalue weighted by atomic mass is 31.3. The van der Waals surface area contributed by atoms with Crippen molar-refractivity contribution in [1.29, 1.82) is 0 Å². The number of anilines is 1. The highest BCUT2D eigenvalue weighted by molar-refractivity contribution is 7.61. The molecule has 1 saturated heterocycles. The number of phosphoric ester groups is 2. The number of unbranched alkanes of at least 4 members (excludes halogenated alkanes) is 8. The standard InChI is InChI=1S/C45H75N3O16P2/c1-35(2)26-22-18-14-13-17-20-24-28-40(50)59-32-37(62-41(51)29-25-21-16-12-10-8-6-4-5-7-9-11-15-19-23-27-36(3)49)33-60-65(55,56)64-66(57,58)61-34-38-42(52)43(53)44(63-38)48-31-30-39(46)47-45(48)54/h5-8,11-12,15-16,30-31,35-38,42-44,49,52-53H,4,9-10,13-14,17-29,32-34H2,1-3H3,(H,55,56)(H,57,58)(H2,46,47,54)/b7-5-,8-6-,15-11-,16-12-/t36-,37+,38+,42+,43+,44+/m0/s1. The van der Waals surface area contributed by atoms with E-state index in [9.17, 15) is 48.6 Å². The van der Waals surface area contributed by atoms with Crippen LogP contribution >= 0.6 is 15.6 Å². The molecule has 66 heavy (non-hydrogen) atoms. The maximum atomic E-state index is 12.8. The smallest absolute Gasteiger partial charge is 0.462 e. The summed E-state index contributed by atoms with van der Waals surface area (Å²) in [6.45, 7) is 3.84. The molecule has 376 valence electrons. The fourth-order valence-corrected chi connectivity index (χ4v) is 8.62. The van der Waals surface area contributed by atoms with Crippen LogP contribution in [0.2, 0.25) is 0 Å². The van der Waals surface area contributed by atoms with Crippen molar-refractivity contribution in [3.63, 3.8) is 0 Å². The number of phosphoric acid groups is 2. The maximum Gasteiger partial charge on any atom is 0.481 e. The van der Waals surface area contributed by atoms with Crippen LogP contribution in [0.5, 0.6) is 0 Å². The third kappa shape index (κ3) is 27.5. The van der Waals surface area contributed by atoms with Crippen LogP contribution in [0.25, 0.3) is 0 Å². The molecule has 1 fully saturated rings. The number of nitrogen functional groups attached to an aromatic ring is 1. The zero-order valence-corrected chi connectivity index (χ0v) is 40.5. The summed E-state index contributed by atoms with van der Waals surface area (Å²) in [5.41, 5.74) is 4.57. The van der Waals surface area contributed by atoms with Gasteiger partial charge in [0.25, 0.3) is 0 Å². The van der Waals surface area contributed by atoms with Gasteiger partial charge in [-0.05, 0) is 76.7 Å². The number of allylic oxidation sites excluding steroid dienone is 8. The highest BCUT2D eigenvalue weighted by Crippen LogP contribution is 2.60. The molecule has 2 rings (SSSR count). The van der Waals surface area contributed by atoms with Crippen molar-refractivity contribution in [2.75, 3.05) is 25.6 Å². The summed E-state index contributed by atoms with van der Waals surface area (Å²) in [6, 6.07) is 1.24. The molecule has 0 aromatic carbocycles. The van der Waals surface area contributed by atoms with Crippen LogP contribution in [-0.2, 0) is 46.3 Å². The number of aliphatic hydroxyl groups excluding tert-OH is 3. The summed E-state index contributed by atoms with van der Waals surface area (Å²) in [7, 11) is -10.9. The molecule has 1 aromatic rings. The molecule has 1 aromatic heterocycles. The van der Waals surface area contributed by atoms with E-state index in [4.69, 9.17) is 29.0 Å². The second-order valence-electron chi connectivity index (χ2n) is 16.7. The quantitative estimate of drug-likeness (QED) is 0.0165. The minimum atomic E-state index is -5.44. The van der Waals surface area contributed by atoms with Crippen molar-refractivity contribution in [2.24, 2.45) is 5.92 Å². The number of aliphatic hydroxyl groups is 3. The predicted octanol–water partition coefficient (Wildman–Crippen LogP) is 7.43. The van der Waals surface area contributed by atoms with E-state index in [1.807, 2.05) is 18.2 Å². The van der Waals surface area contributed by atoms with Gasteiger partial charge in [-0.3, -0.25) is 23.2 Å². The first-order valence-electron chi connectivity index (χ1n) is 23.0. The van der Waals surface area contributed by atoms with E-state index in [2.05, 4.69) is 53.5 Å². The monoisotopic (exact) mass is 975 g/mol. The number of nitrogens with two attached hydrogens (primary N) is 1. The minimum absolute atomic E-state index is 0.0387. The molecule has 0 amide bonds. The van der Waals surface area contributed by atoms with Crippen LogP contribution in [0, 0.1) is 5.92 Å². The third-order valence-electron chi connectivity index (χ3n) is 10.1. The molecule has 1 aliphatic rings. The summed E-state index contributed by atoms with van der Waals surface area (Å²) in [4.78, 5) is 61.6. The van der Waals surface area contributed by atoms with Crippen molar-refractivity contribution >= 4 is 33.4 Å². The zero-order chi connectivity index (χ0) is 48.8. The second-order valence-corrected chi connectivity index (χ2v) is 19.7. The average Bonchev–Trinajstić information content (AvgIpc) is 3.52. The van der Waals surface area contributed by atoms with Crippen molar-refractivity contribution < 1.29 is 71.4 Å². The molecule has 19 nitrogen and oxygen atoms in total. The van der Waals surface area contributed by atoms with Crippen LogP contribution in [0.1, 0.15) is 143 Å². The molecule has 0 radical (unpaired) electrons. The van der Waals surface area contributed by atoms with Gasteiger partial charge in [0, 0.05) is 19.0 Å². The van der Waals surface area contributed by atoms with Gasteiger partial charge in [0.15, 0.2) is 12.3 Å². The second kappa shape index (κ2) is 33.2. The van der Waals surface area contributed by atoms with Crippen LogP contribution in [0.3, 0.4) is 0 Å². The summed E-state index contributed by atoms with van der Waals surface area (Å²) in [5.74, 6) is -0.700. The van der Waals surface area contributed by atoms with E-state index in [0.717, 1.165) is 68.6 Å². The Morgan fingerprint density at radius 3 is 1.94 bits per heavy atom. The van der Waals surface area contributed by atoms with Crippen molar-refractivity contribution in [1.82, 2.24) is 9.55 Å². The number of hydrogen-bond acceptors (Lipinski definition) is 16. The number of carbonyl (C=O) groups excluding carboxylic acids is 2. The number of carbonyl (C=O) groups is 2. The summed E-state index contributed by atoms with van der Waals surface area (Å²) < 4.78 is 56.5. The zero-order valence-electron chi connectivity index (χ0n) is 38.8. The lowest BCUT2D eigenvalue weighted by molar-refractivity contribution is -0.161. The van der Waals surface area contributed by atoms with E-state index in [0.29, 0.717) is 31.6 Å². The number of aromatic nitrogens is 2. The van der Waals surface area contributed by atoms with E-state index in [1.165, 1.54) is 25.3 Å². The SMILES string of the molecule is CC(C)CCCCCCCCCC(=O)OC[C@H](COP(=O)(O)OP(=O)(O)OC[C@H]1O[C@@H](n2ccc(N)nc2=O)[C@H](O)[C@@H]1O)OC(=O)CCC/C=C\C/C=C\C/C=C\C/C=C\CCC[C@H](C)O. The van der Waals surface area contributed by atoms with Gasteiger partial charge in [-0.25, -0.2) is 13.9 Å². The fourth-order valence-electron chi connectivity index (χ4n) is 6.51.